The monoisotopic (exact) mass is 250 g/mol. The van der Waals surface area contributed by atoms with E-state index >= 15 is 0 Å². The van der Waals surface area contributed by atoms with Crippen molar-refractivity contribution in [1.82, 2.24) is 9.78 Å². The number of hydrogen-bond acceptors (Lipinski definition) is 4. The van der Waals surface area contributed by atoms with E-state index in [1.165, 1.54) is 13.2 Å². The maximum absolute atomic E-state index is 13.3. The first kappa shape index (κ1) is 12.2. The summed E-state index contributed by atoms with van der Waals surface area (Å²) >= 11 is 0. The van der Waals surface area contributed by atoms with E-state index in [-0.39, 0.29) is 5.75 Å². The highest BCUT2D eigenvalue weighted by molar-refractivity contribution is 5.68. The van der Waals surface area contributed by atoms with Crippen molar-refractivity contribution >= 4 is 11.4 Å². The van der Waals surface area contributed by atoms with Gasteiger partial charge in [-0.1, -0.05) is 0 Å². The smallest absolute Gasteiger partial charge is 0.167 e. The molecule has 0 unspecified atom stereocenters. The van der Waals surface area contributed by atoms with Crippen molar-refractivity contribution in [3.8, 4) is 5.75 Å². The molecule has 1 aromatic carbocycles. The van der Waals surface area contributed by atoms with Crippen molar-refractivity contribution < 1.29 is 9.13 Å². The normalized spacial score (nSPS) is 10.3. The lowest BCUT2D eigenvalue weighted by molar-refractivity contribution is 0.387. The summed E-state index contributed by atoms with van der Waals surface area (Å²) in [6.45, 7) is 1.34. The second kappa shape index (κ2) is 5.39. The second-order valence-electron chi connectivity index (χ2n) is 3.77. The maximum Gasteiger partial charge on any atom is 0.167 e. The number of rotatable bonds is 5. The first-order valence-corrected chi connectivity index (χ1v) is 5.55. The van der Waals surface area contributed by atoms with E-state index in [9.17, 15) is 4.39 Å². The predicted octanol–water partition coefficient (Wildman–Crippen LogP) is 1.73. The number of anilines is 2. The van der Waals surface area contributed by atoms with E-state index in [0.717, 1.165) is 0 Å². The average Bonchev–Trinajstić information content (AvgIpc) is 2.85. The van der Waals surface area contributed by atoms with Crippen LogP contribution in [-0.4, -0.2) is 23.4 Å². The van der Waals surface area contributed by atoms with Gasteiger partial charge < -0.3 is 15.8 Å². The molecular formula is C12H15FN4O. The summed E-state index contributed by atoms with van der Waals surface area (Å²) in [5, 5.41) is 7.20. The fourth-order valence-corrected chi connectivity index (χ4v) is 1.62. The Balaban J connectivity index is 2.00. The van der Waals surface area contributed by atoms with Crippen LogP contribution in [0.4, 0.5) is 15.8 Å². The zero-order valence-electron chi connectivity index (χ0n) is 10.1. The van der Waals surface area contributed by atoms with Crippen LogP contribution in [0.3, 0.4) is 0 Å². The molecule has 2 aromatic rings. The lowest BCUT2D eigenvalue weighted by Gasteiger charge is -2.11. The van der Waals surface area contributed by atoms with Crippen LogP contribution in [0.15, 0.2) is 30.6 Å². The SMILES string of the molecule is COc1cc(NCCn2cccn2)c(N)cc1F. The predicted molar refractivity (Wildman–Crippen MR) is 68.1 cm³/mol. The van der Waals surface area contributed by atoms with E-state index in [1.54, 1.807) is 16.9 Å². The summed E-state index contributed by atoms with van der Waals surface area (Å²) in [6.07, 6.45) is 3.59. The molecule has 18 heavy (non-hydrogen) atoms. The van der Waals surface area contributed by atoms with Gasteiger partial charge in [0.2, 0.25) is 0 Å². The largest absolute Gasteiger partial charge is 0.494 e. The quantitative estimate of drug-likeness (QED) is 0.793. The van der Waals surface area contributed by atoms with Crippen molar-refractivity contribution in [2.75, 3.05) is 24.7 Å². The Labute approximate surface area is 104 Å². The van der Waals surface area contributed by atoms with Crippen LogP contribution in [0.25, 0.3) is 0 Å². The van der Waals surface area contributed by atoms with Crippen molar-refractivity contribution in [2.24, 2.45) is 0 Å². The average molecular weight is 250 g/mol. The summed E-state index contributed by atoms with van der Waals surface area (Å²) in [5.74, 6) is -0.293. The molecule has 0 atom stereocenters. The van der Waals surface area contributed by atoms with Gasteiger partial charge in [0.15, 0.2) is 11.6 Å². The van der Waals surface area contributed by atoms with Crippen molar-refractivity contribution in [2.45, 2.75) is 6.54 Å². The van der Waals surface area contributed by atoms with Crippen LogP contribution >= 0.6 is 0 Å². The Kier molecular flexibility index (Phi) is 3.66. The number of halogens is 1. The number of nitrogen functional groups attached to an aromatic ring is 1. The van der Waals surface area contributed by atoms with Gasteiger partial charge in [0, 0.05) is 31.1 Å². The molecule has 3 N–H and O–H groups in total. The lowest BCUT2D eigenvalue weighted by Crippen LogP contribution is -2.12. The van der Waals surface area contributed by atoms with Gasteiger partial charge in [-0.2, -0.15) is 5.10 Å². The van der Waals surface area contributed by atoms with E-state index in [2.05, 4.69) is 10.4 Å². The van der Waals surface area contributed by atoms with Crippen LogP contribution in [0.5, 0.6) is 5.75 Å². The van der Waals surface area contributed by atoms with Gasteiger partial charge in [0.1, 0.15) is 0 Å². The Hall–Kier alpha value is -2.24. The number of hydrogen-bond donors (Lipinski definition) is 2. The van der Waals surface area contributed by atoms with Crippen molar-refractivity contribution in [1.29, 1.82) is 0 Å². The molecule has 0 fully saturated rings. The van der Waals surface area contributed by atoms with Gasteiger partial charge in [-0.05, 0) is 6.07 Å². The molecule has 0 aliphatic rings. The molecule has 2 rings (SSSR count). The zero-order valence-corrected chi connectivity index (χ0v) is 10.1. The number of benzene rings is 1. The topological polar surface area (TPSA) is 65.1 Å². The Morgan fingerprint density at radius 3 is 3.00 bits per heavy atom. The Morgan fingerprint density at radius 1 is 1.50 bits per heavy atom. The number of nitrogens with one attached hydrogen (secondary N) is 1. The molecule has 6 heteroatoms. The lowest BCUT2D eigenvalue weighted by atomic mass is 10.2. The molecule has 5 nitrogen and oxygen atoms in total. The molecule has 0 saturated carbocycles. The highest BCUT2D eigenvalue weighted by Crippen LogP contribution is 2.27. The van der Waals surface area contributed by atoms with Crippen LogP contribution < -0.4 is 15.8 Å². The van der Waals surface area contributed by atoms with Crippen LogP contribution in [0.2, 0.25) is 0 Å². The molecule has 0 spiro atoms. The third-order valence-electron chi connectivity index (χ3n) is 2.54. The number of methoxy groups -OCH3 is 1. The van der Waals surface area contributed by atoms with Crippen molar-refractivity contribution in [3.63, 3.8) is 0 Å². The van der Waals surface area contributed by atoms with E-state index < -0.39 is 5.82 Å². The minimum atomic E-state index is -0.465. The molecule has 0 saturated heterocycles. The molecule has 0 bridgehead atoms. The maximum atomic E-state index is 13.3. The van der Waals surface area contributed by atoms with Gasteiger partial charge in [0.25, 0.3) is 0 Å². The summed E-state index contributed by atoms with van der Waals surface area (Å²) in [5.41, 5.74) is 6.73. The van der Waals surface area contributed by atoms with E-state index in [1.807, 2.05) is 12.3 Å². The summed E-state index contributed by atoms with van der Waals surface area (Å²) in [4.78, 5) is 0. The summed E-state index contributed by atoms with van der Waals surface area (Å²) < 4.78 is 20.0. The molecule has 96 valence electrons. The third kappa shape index (κ3) is 2.71. The number of nitrogens with zero attached hydrogens (tertiary/aromatic N) is 2. The number of nitrogens with two attached hydrogens (primary N) is 1. The second-order valence-corrected chi connectivity index (χ2v) is 3.77. The Morgan fingerprint density at radius 2 is 2.33 bits per heavy atom. The minimum Gasteiger partial charge on any atom is -0.494 e. The molecule has 1 aromatic heterocycles. The number of ether oxygens (including phenoxy) is 1. The summed E-state index contributed by atoms with van der Waals surface area (Å²) in [7, 11) is 1.42. The van der Waals surface area contributed by atoms with Gasteiger partial charge in [0.05, 0.1) is 25.0 Å². The van der Waals surface area contributed by atoms with E-state index in [0.29, 0.717) is 24.5 Å². The van der Waals surface area contributed by atoms with Crippen molar-refractivity contribution in [3.05, 3.63) is 36.4 Å². The van der Waals surface area contributed by atoms with Crippen LogP contribution in [0.1, 0.15) is 0 Å². The van der Waals surface area contributed by atoms with Gasteiger partial charge in [-0.3, -0.25) is 4.68 Å². The fraction of sp³-hybridized carbons (Fsp3) is 0.250. The van der Waals surface area contributed by atoms with Gasteiger partial charge in [-0.15, -0.1) is 0 Å². The van der Waals surface area contributed by atoms with E-state index in [4.69, 9.17) is 10.5 Å². The molecule has 0 aliphatic carbocycles. The molecular weight excluding hydrogens is 235 g/mol. The first-order valence-electron chi connectivity index (χ1n) is 5.55. The fourth-order valence-electron chi connectivity index (χ4n) is 1.62. The third-order valence-corrected chi connectivity index (χ3v) is 2.54. The first-order chi connectivity index (χ1) is 8.70. The van der Waals surface area contributed by atoms with Gasteiger partial charge in [-0.25, -0.2) is 4.39 Å². The zero-order chi connectivity index (χ0) is 13.0. The standard InChI is InChI=1S/C12H15FN4O/c1-18-12-8-11(10(14)7-9(12)13)15-4-6-17-5-2-3-16-17/h2-3,5,7-8,15H,4,6,14H2,1H3. The minimum absolute atomic E-state index is 0.172. The molecule has 0 amide bonds. The highest BCUT2D eigenvalue weighted by Gasteiger charge is 2.07. The molecule has 1 heterocycles. The summed E-state index contributed by atoms with van der Waals surface area (Å²) in [6, 6.07) is 4.65. The molecule has 0 aliphatic heterocycles. The molecule has 0 radical (unpaired) electrons. The van der Waals surface area contributed by atoms with Crippen LogP contribution in [0, 0.1) is 5.82 Å². The highest BCUT2D eigenvalue weighted by atomic mass is 19.1. The van der Waals surface area contributed by atoms with Gasteiger partial charge >= 0.3 is 0 Å². The Bertz CT molecular complexity index is 513. The van der Waals surface area contributed by atoms with Crippen LogP contribution in [-0.2, 0) is 6.54 Å². The number of aromatic nitrogens is 2.